The Labute approximate surface area is 120 Å². The SMILES string of the molecule is CCC1CCC(C(NN)C(C)(C)N(CC)CC)CC1. The molecule has 1 aliphatic rings. The van der Waals surface area contributed by atoms with E-state index in [0.717, 1.165) is 24.9 Å². The Morgan fingerprint density at radius 1 is 1.11 bits per heavy atom. The number of hydrogen-bond acceptors (Lipinski definition) is 3. The molecule has 0 amide bonds. The van der Waals surface area contributed by atoms with Crippen LogP contribution in [0.4, 0.5) is 0 Å². The maximum absolute atomic E-state index is 5.93. The molecule has 114 valence electrons. The van der Waals surface area contributed by atoms with Gasteiger partial charge in [0.1, 0.15) is 0 Å². The summed E-state index contributed by atoms with van der Waals surface area (Å²) in [6.07, 6.45) is 6.77. The van der Waals surface area contributed by atoms with Crippen LogP contribution in [0.3, 0.4) is 0 Å². The van der Waals surface area contributed by atoms with Gasteiger partial charge in [-0.3, -0.25) is 16.2 Å². The van der Waals surface area contributed by atoms with E-state index in [4.69, 9.17) is 5.84 Å². The van der Waals surface area contributed by atoms with Crippen LogP contribution in [0.25, 0.3) is 0 Å². The average Bonchev–Trinajstić information content (AvgIpc) is 2.41. The van der Waals surface area contributed by atoms with Crippen LogP contribution < -0.4 is 11.3 Å². The lowest BCUT2D eigenvalue weighted by atomic mass is 9.72. The van der Waals surface area contributed by atoms with Gasteiger partial charge >= 0.3 is 0 Å². The zero-order chi connectivity index (χ0) is 14.5. The van der Waals surface area contributed by atoms with Crippen molar-refractivity contribution in [3.05, 3.63) is 0 Å². The zero-order valence-electron chi connectivity index (χ0n) is 13.7. The van der Waals surface area contributed by atoms with Crippen molar-refractivity contribution in [3.8, 4) is 0 Å². The highest BCUT2D eigenvalue weighted by Crippen LogP contribution is 2.36. The van der Waals surface area contributed by atoms with E-state index in [1.807, 2.05) is 0 Å². The average molecular weight is 269 g/mol. The van der Waals surface area contributed by atoms with Crippen LogP contribution in [0.5, 0.6) is 0 Å². The predicted molar refractivity (Wildman–Crippen MR) is 83.9 cm³/mol. The zero-order valence-corrected chi connectivity index (χ0v) is 13.7. The molecule has 1 rings (SSSR count). The van der Waals surface area contributed by atoms with Crippen molar-refractivity contribution in [1.82, 2.24) is 10.3 Å². The first kappa shape index (κ1) is 16.9. The molecule has 1 saturated carbocycles. The Kier molecular flexibility index (Phi) is 6.78. The minimum Gasteiger partial charge on any atom is -0.297 e. The van der Waals surface area contributed by atoms with E-state index < -0.39 is 0 Å². The fourth-order valence-electron chi connectivity index (χ4n) is 4.08. The fourth-order valence-corrected chi connectivity index (χ4v) is 4.08. The number of likely N-dealkylation sites (N-methyl/N-ethyl adjacent to an activating group) is 1. The van der Waals surface area contributed by atoms with Gasteiger partial charge in [-0.25, -0.2) is 0 Å². The number of nitrogens with one attached hydrogen (secondary N) is 1. The smallest absolute Gasteiger partial charge is 0.0417 e. The molecular weight excluding hydrogens is 234 g/mol. The quantitative estimate of drug-likeness (QED) is 0.551. The highest BCUT2D eigenvalue weighted by Gasteiger charge is 2.39. The summed E-state index contributed by atoms with van der Waals surface area (Å²) in [6.45, 7) is 13.7. The number of rotatable bonds is 7. The first-order valence-corrected chi connectivity index (χ1v) is 8.22. The van der Waals surface area contributed by atoms with Gasteiger partial charge in [-0.05, 0) is 51.6 Å². The molecule has 0 heterocycles. The van der Waals surface area contributed by atoms with Gasteiger partial charge < -0.3 is 0 Å². The molecule has 0 aromatic carbocycles. The first-order valence-electron chi connectivity index (χ1n) is 8.22. The second-order valence-electron chi connectivity index (χ2n) is 6.66. The molecule has 1 fully saturated rings. The number of hydrazine groups is 1. The van der Waals surface area contributed by atoms with E-state index in [-0.39, 0.29) is 5.54 Å². The first-order chi connectivity index (χ1) is 9.01. The number of nitrogens with zero attached hydrogens (tertiary/aromatic N) is 1. The normalized spacial score (nSPS) is 26.7. The van der Waals surface area contributed by atoms with Crippen molar-refractivity contribution in [3.63, 3.8) is 0 Å². The van der Waals surface area contributed by atoms with Gasteiger partial charge in [-0.1, -0.05) is 40.0 Å². The highest BCUT2D eigenvalue weighted by atomic mass is 15.3. The second-order valence-corrected chi connectivity index (χ2v) is 6.66. The molecule has 0 spiro atoms. The van der Waals surface area contributed by atoms with Crippen LogP contribution in [0.2, 0.25) is 0 Å². The van der Waals surface area contributed by atoms with E-state index in [1.54, 1.807) is 0 Å². The predicted octanol–water partition coefficient (Wildman–Crippen LogP) is 3.16. The Hall–Kier alpha value is -0.120. The number of hydrogen-bond donors (Lipinski definition) is 2. The Bertz CT molecular complexity index is 240. The van der Waals surface area contributed by atoms with Gasteiger partial charge in [0.05, 0.1) is 0 Å². The minimum atomic E-state index is 0.127. The minimum absolute atomic E-state index is 0.127. The lowest BCUT2D eigenvalue weighted by Gasteiger charge is -2.47. The maximum Gasteiger partial charge on any atom is 0.0417 e. The van der Waals surface area contributed by atoms with Crippen LogP contribution in [-0.2, 0) is 0 Å². The largest absolute Gasteiger partial charge is 0.297 e. The molecule has 0 aromatic heterocycles. The van der Waals surface area contributed by atoms with E-state index in [0.29, 0.717) is 6.04 Å². The molecule has 0 bridgehead atoms. The molecular formula is C16H35N3. The molecule has 1 unspecified atom stereocenters. The van der Waals surface area contributed by atoms with E-state index >= 15 is 0 Å². The molecule has 1 aliphatic carbocycles. The van der Waals surface area contributed by atoms with Crippen molar-refractivity contribution in [2.75, 3.05) is 13.1 Å². The molecule has 19 heavy (non-hydrogen) atoms. The molecule has 0 aliphatic heterocycles. The van der Waals surface area contributed by atoms with Gasteiger partial charge in [0, 0.05) is 11.6 Å². The van der Waals surface area contributed by atoms with Gasteiger partial charge in [0.25, 0.3) is 0 Å². The van der Waals surface area contributed by atoms with Crippen molar-refractivity contribution >= 4 is 0 Å². The highest BCUT2D eigenvalue weighted by molar-refractivity contribution is 4.97. The maximum atomic E-state index is 5.93. The van der Waals surface area contributed by atoms with E-state index in [9.17, 15) is 0 Å². The standard InChI is InChI=1S/C16H35N3/c1-6-13-9-11-14(12-10-13)15(18-17)16(4,5)19(7-2)8-3/h13-15,18H,6-12,17H2,1-5H3. The summed E-state index contributed by atoms with van der Waals surface area (Å²) in [7, 11) is 0. The lowest BCUT2D eigenvalue weighted by Crippen LogP contribution is -2.62. The Balaban J connectivity index is 2.71. The van der Waals surface area contributed by atoms with Gasteiger partial charge in [0.2, 0.25) is 0 Å². The molecule has 0 aromatic rings. The third-order valence-corrected chi connectivity index (χ3v) is 5.46. The Morgan fingerprint density at radius 2 is 1.63 bits per heavy atom. The third kappa shape index (κ3) is 3.93. The molecule has 0 saturated heterocycles. The molecule has 0 radical (unpaired) electrons. The van der Waals surface area contributed by atoms with Crippen LogP contribution in [-0.4, -0.2) is 29.6 Å². The van der Waals surface area contributed by atoms with Gasteiger partial charge in [-0.15, -0.1) is 0 Å². The lowest BCUT2D eigenvalue weighted by molar-refractivity contribution is 0.0492. The molecule has 3 nitrogen and oxygen atoms in total. The Morgan fingerprint density at radius 3 is 2.00 bits per heavy atom. The second kappa shape index (κ2) is 7.61. The summed E-state index contributed by atoms with van der Waals surface area (Å²) in [6, 6.07) is 0.394. The van der Waals surface area contributed by atoms with Crippen LogP contribution in [0, 0.1) is 11.8 Å². The van der Waals surface area contributed by atoms with E-state index in [2.05, 4.69) is 44.9 Å². The molecule has 3 N–H and O–H groups in total. The summed E-state index contributed by atoms with van der Waals surface area (Å²) in [5.74, 6) is 7.60. The van der Waals surface area contributed by atoms with Gasteiger partial charge in [0.15, 0.2) is 0 Å². The van der Waals surface area contributed by atoms with Gasteiger partial charge in [-0.2, -0.15) is 0 Å². The molecule has 3 heteroatoms. The fraction of sp³-hybridized carbons (Fsp3) is 1.00. The van der Waals surface area contributed by atoms with Crippen LogP contribution in [0.15, 0.2) is 0 Å². The topological polar surface area (TPSA) is 41.3 Å². The third-order valence-electron chi connectivity index (χ3n) is 5.46. The van der Waals surface area contributed by atoms with Crippen molar-refractivity contribution in [1.29, 1.82) is 0 Å². The van der Waals surface area contributed by atoms with E-state index in [1.165, 1.54) is 32.1 Å². The monoisotopic (exact) mass is 269 g/mol. The summed E-state index contributed by atoms with van der Waals surface area (Å²) in [4.78, 5) is 2.53. The summed E-state index contributed by atoms with van der Waals surface area (Å²) < 4.78 is 0. The molecule has 1 atom stereocenters. The van der Waals surface area contributed by atoms with Crippen LogP contribution in [0.1, 0.15) is 66.7 Å². The van der Waals surface area contributed by atoms with Crippen LogP contribution >= 0.6 is 0 Å². The van der Waals surface area contributed by atoms with Crippen molar-refractivity contribution in [2.45, 2.75) is 78.3 Å². The summed E-state index contributed by atoms with van der Waals surface area (Å²) in [5, 5.41) is 0. The summed E-state index contributed by atoms with van der Waals surface area (Å²) in [5.41, 5.74) is 3.28. The van der Waals surface area contributed by atoms with Crippen molar-refractivity contribution < 1.29 is 0 Å². The van der Waals surface area contributed by atoms with Crippen molar-refractivity contribution in [2.24, 2.45) is 17.7 Å². The number of nitrogens with two attached hydrogens (primary N) is 1. The summed E-state index contributed by atoms with van der Waals surface area (Å²) >= 11 is 0.